The Morgan fingerprint density at radius 2 is 2.27 bits per heavy atom. The molecule has 2 atom stereocenters. The molecule has 66 valence electrons. The Morgan fingerprint density at radius 1 is 1.45 bits per heavy atom. The van der Waals surface area contributed by atoms with Gasteiger partial charge in [0, 0.05) is 0 Å². The Labute approximate surface area is 70.6 Å². The molecule has 1 rings (SSSR count). The van der Waals surface area contributed by atoms with Crippen LogP contribution in [0.2, 0.25) is 0 Å². The lowest BCUT2D eigenvalue weighted by atomic mass is 9.86. The van der Waals surface area contributed by atoms with Crippen LogP contribution in [0.4, 0.5) is 0 Å². The summed E-state index contributed by atoms with van der Waals surface area (Å²) in [7, 11) is 0. The molecule has 0 spiro atoms. The average Bonchev–Trinajstić information content (AvgIpc) is 2.52. The van der Waals surface area contributed by atoms with Crippen LogP contribution in [0.3, 0.4) is 0 Å². The summed E-state index contributed by atoms with van der Waals surface area (Å²) in [5.41, 5.74) is 0. The van der Waals surface area contributed by atoms with E-state index in [4.69, 9.17) is 0 Å². The molecule has 1 fully saturated rings. The van der Waals surface area contributed by atoms with Gasteiger partial charge in [-0.25, -0.2) is 0 Å². The van der Waals surface area contributed by atoms with Crippen molar-refractivity contribution in [1.82, 2.24) is 5.32 Å². The predicted molar refractivity (Wildman–Crippen MR) is 49.7 cm³/mol. The van der Waals surface area contributed by atoms with Gasteiger partial charge in [0.15, 0.2) is 0 Å². The molecule has 1 aliphatic heterocycles. The van der Waals surface area contributed by atoms with Gasteiger partial charge in [-0.15, -0.1) is 0 Å². The largest absolute Gasteiger partial charge is 0.316 e. The Kier molecular flexibility index (Phi) is 3.92. The zero-order chi connectivity index (χ0) is 8.10. The highest BCUT2D eigenvalue weighted by Crippen LogP contribution is 2.25. The SMILES string of the molecule is CCCC(CC)C1CCNC1. The highest BCUT2D eigenvalue weighted by Gasteiger charge is 2.22. The topological polar surface area (TPSA) is 12.0 Å². The smallest absolute Gasteiger partial charge is 0.00174 e. The van der Waals surface area contributed by atoms with Crippen LogP contribution in [0.5, 0.6) is 0 Å². The molecule has 0 saturated carbocycles. The Hall–Kier alpha value is -0.0400. The molecule has 2 unspecified atom stereocenters. The molecule has 1 aliphatic rings. The van der Waals surface area contributed by atoms with Crippen molar-refractivity contribution in [3.05, 3.63) is 0 Å². The number of rotatable bonds is 4. The van der Waals surface area contributed by atoms with Crippen molar-refractivity contribution in [3.8, 4) is 0 Å². The Bertz CT molecular complexity index is 95.0. The first-order chi connectivity index (χ1) is 5.38. The summed E-state index contributed by atoms with van der Waals surface area (Å²) < 4.78 is 0. The fraction of sp³-hybridized carbons (Fsp3) is 1.00. The predicted octanol–water partition coefficient (Wildman–Crippen LogP) is 2.42. The molecule has 0 aromatic heterocycles. The van der Waals surface area contributed by atoms with Crippen molar-refractivity contribution < 1.29 is 0 Å². The first-order valence-electron chi connectivity index (χ1n) is 5.09. The minimum Gasteiger partial charge on any atom is -0.316 e. The van der Waals surface area contributed by atoms with Gasteiger partial charge in [-0.05, 0) is 31.3 Å². The maximum atomic E-state index is 3.45. The summed E-state index contributed by atoms with van der Waals surface area (Å²) >= 11 is 0. The summed E-state index contributed by atoms with van der Waals surface area (Å²) in [4.78, 5) is 0. The average molecular weight is 155 g/mol. The van der Waals surface area contributed by atoms with E-state index in [-0.39, 0.29) is 0 Å². The first kappa shape index (κ1) is 9.05. The second kappa shape index (κ2) is 4.76. The molecule has 0 aliphatic carbocycles. The van der Waals surface area contributed by atoms with Crippen molar-refractivity contribution in [2.24, 2.45) is 11.8 Å². The van der Waals surface area contributed by atoms with Crippen LogP contribution < -0.4 is 5.32 Å². The lowest BCUT2D eigenvalue weighted by molar-refractivity contribution is 0.322. The van der Waals surface area contributed by atoms with Crippen LogP contribution >= 0.6 is 0 Å². The Morgan fingerprint density at radius 3 is 2.73 bits per heavy atom. The van der Waals surface area contributed by atoms with Crippen LogP contribution in [0.1, 0.15) is 39.5 Å². The monoisotopic (exact) mass is 155 g/mol. The third kappa shape index (κ3) is 2.48. The highest BCUT2D eigenvalue weighted by molar-refractivity contribution is 4.77. The normalized spacial score (nSPS) is 27.3. The number of hydrogen-bond donors (Lipinski definition) is 1. The zero-order valence-electron chi connectivity index (χ0n) is 7.90. The molecule has 11 heavy (non-hydrogen) atoms. The molecular formula is C10H21N. The zero-order valence-corrected chi connectivity index (χ0v) is 7.90. The van der Waals surface area contributed by atoms with Crippen molar-refractivity contribution in [2.45, 2.75) is 39.5 Å². The van der Waals surface area contributed by atoms with Crippen LogP contribution in [0, 0.1) is 11.8 Å². The van der Waals surface area contributed by atoms with E-state index >= 15 is 0 Å². The van der Waals surface area contributed by atoms with E-state index in [1.54, 1.807) is 0 Å². The van der Waals surface area contributed by atoms with Gasteiger partial charge in [0.05, 0.1) is 0 Å². The third-order valence-electron chi connectivity index (χ3n) is 2.95. The Balaban J connectivity index is 2.27. The quantitative estimate of drug-likeness (QED) is 0.657. The van der Waals surface area contributed by atoms with Crippen molar-refractivity contribution >= 4 is 0 Å². The van der Waals surface area contributed by atoms with E-state index in [1.807, 2.05) is 0 Å². The number of nitrogens with one attached hydrogen (secondary N) is 1. The lowest BCUT2D eigenvalue weighted by Gasteiger charge is -2.20. The minimum absolute atomic E-state index is 0.986. The van der Waals surface area contributed by atoms with E-state index in [1.165, 1.54) is 38.8 Å². The van der Waals surface area contributed by atoms with Crippen LogP contribution in [0.15, 0.2) is 0 Å². The maximum absolute atomic E-state index is 3.45. The van der Waals surface area contributed by atoms with E-state index in [0.29, 0.717) is 0 Å². The van der Waals surface area contributed by atoms with Crippen molar-refractivity contribution in [3.63, 3.8) is 0 Å². The lowest BCUT2D eigenvalue weighted by Crippen LogP contribution is -2.17. The molecule has 0 radical (unpaired) electrons. The summed E-state index contributed by atoms with van der Waals surface area (Å²) in [5.74, 6) is 1.98. The second-order valence-corrected chi connectivity index (χ2v) is 3.71. The molecule has 0 aromatic carbocycles. The summed E-state index contributed by atoms with van der Waals surface area (Å²) in [6.45, 7) is 7.16. The minimum atomic E-state index is 0.986. The van der Waals surface area contributed by atoms with Gasteiger partial charge in [-0.3, -0.25) is 0 Å². The molecular weight excluding hydrogens is 134 g/mol. The standard InChI is InChI=1S/C10H21N/c1-3-5-9(4-2)10-6-7-11-8-10/h9-11H,3-8H2,1-2H3. The van der Waals surface area contributed by atoms with Crippen LogP contribution in [-0.2, 0) is 0 Å². The van der Waals surface area contributed by atoms with Gasteiger partial charge in [0.25, 0.3) is 0 Å². The molecule has 0 amide bonds. The van der Waals surface area contributed by atoms with E-state index in [2.05, 4.69) is 19.2 Å². The first-order valence-corrected chi connectivity index (χ1v) is 5.09. The fourth-order valence-electron chi connectivity index (χ4n) is 2.22. The van der Waals surface area contributed by atoms with Gasteiger partial charge in [0.2, 0.25) is 0 Å². The highest BCUT2D eigenvalue weighted by atomic mass is 14.9. The van der Waals surface area contributed by atoms with Gasteiger partial charge >= 0.3 is 0 Å². The van der Waals surface area contributed by atoms with Gasteiger partial charge in [-0.2, -0.15) is 0 Å². The van der Waals surface area contributed by atoms with Crippen LogP contribution in [-0.4, -0.2) is 13.1 Å². The number of hydrogen-bond acceptors (Lipinski definition) is 1. The molecule has 1 saturated heterocycles. The molecule has 0 aromatic rings. The van der Waals surface area contributed by atoms with E-state index < -0.39 is 0 Å². The molecule has 1 heteroatoms. The van der Waals surface area contributed by atoms with Gasteiger partial charge in [0.1, 0.15) is 0 Å². The van der Waals surface area contributed by atoms with Gasteiger partial charge in [-0.1, -0.05) is 33.1 Å². The second-order valence-electron chi connectivity index (χ2n) is 3.71. The molecule has 1 nitrogen and oxygen atoms in total. The molecule has 1 heterocycles. The molecule has 1 N–H and O–H groups in total. The summed E-state index contributed by atoms with van der Waals surface area (Å²) in [6, 6.07) is 0. The van der Waals surface area contributed by atoms with Crippen molar-refractivity contribution in [2.75, 3.05) is 13.1 Å². The third-order valence-corrected chi connectivity index (χ3v) is 2.95. The van der Waals surface area contributed by atoms with Crippen LogP contribution in [0.25, 0.3) is 0 Å². The summed E-state index contributed by atoms with van der Waals surface area (Å²) in [6.07, 6.45) is 5.58. The van der Waals surface area contributed by atoms with Gasteiger partial charge < -0.3 is 5.32 Å². The van der Waals surface area contributed by atoms with E-state index in [9.17, 15) is 0 Å². The van der Waals surface area contributed by atoms with E-state index in [0.717, 1.165) is 11.8 Å². The van der Waals surface area contributed by atoms with Crippen molar-refractivity contribution in [1.29, 1.82) is 0 Å². The fourth-order valence-corrected chi connectivity index (χ4v) is 2.22. The molecule has 0 bridgehead atoms. The maximum Gasteiger partial charge on any atom is -0.00174 e. The summed E-state index contributed by atoms with van der Waals surface area (Å²) in [5, 5.41) is 3.45.